The average Bonchev–Trinajstić information content (AvgIpc) is 3.16. The summed E-state index contributed by atoms with van der Waals surface area (Å²) in [6.45, 7) is 0.793. The Morgan fingerprint density at radius 3 is 2.48 bits per heavy atom. The van der Waals surface area contributed by atoms with Crippen molar-refractivity contribution in [2.24, 2.45) is 0 Å². The van der Waals surface area contributed by atoms with Crippen LogP contribution in [-0.4, -0.2) is 40.5 Å². The molecule has 150 valence electrons. The Balaban J connectivity index is 1.32. The number of amides is 2. The molecule has 0 unspecified atom stereocenters. The Morgan fingerprint density at radius 2 is 1.72 bits per heavy atom. The van der Waals surface area contributed by atoms with E-state index in [-0.39, 0.29) is 38.3 Å². The lowest BCUT2D eigenvalue weighted by Crippen LogP contribution is -2.52. The molecule has 1 fully saturated rings. The highest BCUT2D eigenvalue weighted by Gasteiger charge is 2.42. The van der Waals surface area contributed by atoms with Crippen molar-refractivity contribution < 1.29 is 14.0 Å². The zero-order valence-electron chi connectivity index (χ0n) is 16.2. The van der Waals surface area contributed by atoms with Gasteiger partial charge in [-0.05, 0) is 17.2 Å². The maximum atomic E-state index is 15.1. The van der Waals surface area contributed by atoms with Crippen LogP contribution in [0.4, 0.5) is 4.39 Å². The van der Waals surface area contributed by atoms with Crippen LogP contribution >= 0.6 is 0 Å². The fraction of sp³-hybridized carbons (Fsp3) is 0.304. The summed E-state index contributed by atoms with van der Waals surface area (Å²) in [5, 5.41) is 3.71. The van der Waals surface area contributed by atoms with Gasteiger partial charge in [0.2, 0.25) is 5.91 Å². The van der Waals surface area contributed by atoms with Crippen LogP contribution in [0.5, 0.6) is 0 Å². The lowest BCUT2D eigenvalue weighted by atomic mass is 9.92. The zero-order chi connectivity index (χ0) is 20.3. The molecule has 0 bridgehead atoms. The third-order valence-electron chi connectivity index (χ3n) is 5.63. The van der Waals surface area contributed by atoms with E-state index in [4.69, 9.17) is 0 Å². The van der Waals surface area contributed by atoms with Gasteiger partial charge in [-0.25, -0.2) is 4.39 Å². The van der Waals surface area contributed by atoms with Gasteiger partial charge in [0.1, 0.15) is 0 Å². The number of H-pyrrole nitrogens is 1. The van der Waals surface area contributed by atoms with Crippen molar-refractivity contribution >= 4 is 22.7 Å². The van der Waals surface area contributed by atoms with Crippen molar-refractivity contribution in [3.8, 4) is 0 Å². The van der Waals surface area contributed by atoms with Gasteiger partial charge in [0.25, 0.3) is 5.91 Å². The van der Waals surface area contributed by atoms with Crippen LogP contribution in [0.2, 0.25) is 0 Å². The van der Waals surface area contributed by atoms with Gasteiger partial charge >= 0.3 is 0 Å². The molecule has 29 heavy (non-hydrogen) atoms. The molecule has 6 heteroatoms. The molecule has 4 rings (SSSR count). The number of hydrogen-bond donors (Lipinski definition) is 2. The minimum Gasteiger partial charge on any atom is -0.361 e. The van der Waals surface area contributed by atoms with Gasteiger partial charge in [-0.2, -0.15) is 0 Å². The minimum atomic E-state index is -1.92. The Labute approximate surface area is 168 Å². The molecule has 3 aromatic rings. The van der Waals surface area contributed by atoms with Crippen molar-refractivity contribution in [3.63, 3.8) is 0 Å². The molecule has 1 aliphatic heterocycles. The molecule has 2 N–H and O–H groups in total. The molecule has 0 aliphatic carbocycles. The smallest absolute Gasteiger partial charge is 0.258 e. The summed E-state index contributed by atoms with van der Waals surface area (Å²) in [6, 6.07) is 17.3. The van der Waals surface area contributed by atoms with Crippen LogP contribution in [0, 0.1) is 0 Å². The van der Waals surface area contributed by atoms with Crippen LogP contribution < -0.4 is 5.32 Å². The van der Waals surface area contributed by atoms with Crippen molar-refractivity contribution in [1.29, 1.82) is 0 Å². The third-order valence-corrected chi connectivity index (χ3v) is 5.63. The number of rotatable bonds is 5. The average molecular weight is 393 g/mol. The van der Waals surface area contributed by atoms with Gasteiger partial charge in [0.05, 0.1) is 6.42 Å². The molecule has 2 heterocycles. The van der Waals surface area contributed by atoms with Crippen molar-refractivity contribution in [1.82, 2.24) is 15.2 Å². The fourth-order valence-corrected chi connectivity index (χ4v) is 3.83. The van der Waals surface area contributed by atoms with E-state index in [1.54, 1.807) is 4.90 Å². The number of carbonyl (C=O) groups excluding carboxylic acids is 2. The SMILES string of the molecule is O=C(Cc1c[nH]c2ccccc12)N1CCC(F)(C(=O)NCc2ccccc2)CC1. The second kappa shape index (κ2) is 8.07. The molecule has 0 saturated carbocycles. The van der Waals surface area contributed by atoms with Gasteiger partial charge in [-0.15, -0.1) is 0 Å². The molecule has 0 atom stereocenters. The van der Waals surface area contributed by atoms with E-state index in [0.717, 1.165) is 22.0 Å². The number of halogens is 1. The number of piperidine rings is 1. The lowest BCUT2D eigenvalue weighted by molar-refractivity contribution is -0.141. The first kappa shape index (κ1) is 19.2. The number of benzene rings is 2. The number of fused-ring (bicyclic) bond motifs is 1. The van der Waals surface area contributed by atoms with Gasteiger partial charge in [0, 0.05) is 49.6 Å². The largest absolute Gasteiger partial charge is 0.361 e. The predicted molar refractivity (Wildman–Crippen MR) is 110 cm³/mol. The highest BCUT2D eigenvalue weighted by Crippen LogP contribution is 2.28. The summed E-state index contributed by atoms with van der Waals surface area (Å²) in [5.74, 6) is -0.633. The Hall–Kier alpha value is -3.15. The molecule has 0 spiro atoms. The van der Waals surface area contributed by atoms with Gasteiger partial charge in [-0.1, -0.05) is 48.5 Å². The summed E-state index contributed by atoms with van der Waals surface area (Å²) in [5.41, 5.74) is 0.928. The summed E-state index contributed by atoms with van der Waals surface area (Å²) in [6.07, 6.45) is 2.16. The summed E-state index contributed by atoms with van der Waals surface area (Å²) < 4.78 is 15.1. The van der Waals surface area contributed by atoms with Crippen LogP contribution in [0.15, 0.2) is 60.8 Å². The Kier molecular flexibility index (Phi) is 5.34. The van der Waals surface area contributed by atoms with Crippen LogP contribution in [0.1, 0.15) is 24.0 Å². The molecule has 1 aliphatic rings. The molecular formula is C23H24FN3O2. The number of aromatic nitrogens is 1. The van der Waals surface area contributed by atoms with E-state index in [1.165, 1.54) is 0 Å². The van der Waals surface area contributed by atoms with Gasteiger partial charge in [0.15, 0.2) is 5.67 Å². The molecule has 1 aromatic heterocycles. The van der Waals surface area contributed by atoms with Crippen molar-refractivity contribution in [2.45, 2.75) is 31.5 Å². The van der Waals surface area contributed by atoms with Crippen LogP contribution in [0.3, 0.4) is 0 Å². The number of aromatic amines is 1. The summed E-state index contributed by atoms with van der Waals surface area (Å²) >= 11 is 0. The Morgan fingerprint density at radius 1 is 1.03 bits per heavy atom. The lowest BCUT2D eigenvalue weighted by Gasteiger charge is -2.35. The number of nitrogens with zero attached hydrogens (tertiary/aromatic N) is 1. The molecule has 5 nitrogen and oxygen atoms in total. The molecule has 2 amide bonds. The van der Waals surface area contributed by atoms with Crippen molar-refractivity contribution in [2.75, 3.05) is 13.1 Å². The third kappa shape index (κ3) is 4.16. The van der Waals surface area contributed by atoms with E-state index in [1.807, 2.05) is 60.8 Å². The predicted octanol–water partition coefficient (Wildman–Crippen LogP) is 3.36. The fourth-order valence-electron chi connectivity index (χ4n) is 3.83. The Bertz CT molecular complexity index is 1010. The highest BCUT2D eigenvalue weighted by molar-refractivity contribution is 5.89. The van der Waals surface area contributed by atoms with E-state index in [2.05, 4.69) is 10.3 Å². The summed E-state index contributed by atoms with van der Waals surface area (Å²) in [7, 11) is 0. The van der Waals surface area contributed by atoms with Gasteiger partial charge in [-0.3, -0.25) is 9.59 Å². The minimum absolute atomic E-state index is 0.0211. The maximum absolute atomic E-state index is 15.1. The van der Waals surface area contributed by atoms with Crippen molar-refractivity contribution in [3.05, 3.63) is 71.9 Å². The normalized spacial score (nSPS) is 16.0. The molecule has 1 saturated heterocycles. The molecule has 0 radical (unpaired) electrons. The number of alkyl halides is 1. The number of hydrogen-bond acceptors (Lipinski definition) is 2. The van der Waals surface area contributed by atoms with E-state index >= 15 is 4.39 Å². The number of carbonyl (C=O) groups is 2. The van der Waals surface area contributed by atoms with E-state index in [9.17, 15) is 9.59 Å². The standard InChI is InChI=1S/C23H24FN3O2/c24-23(22(29)26-15-17-6-2-1-3-7-17)10-12-27(13-11-23)21(28)14-18-16-25-20-9-5-4-8-19(18)20/h1-9,16,25H,10-15H2,(H,26,29). The number of nitrogens with one attached hydrogen (secondary N) is 2. The van der Waals surface area contributed by atoms with Gasteiger partial charge < -0.3 is 15.2 Å². The number of para-hydroxylation sites is 1. The second-order valence-corrected chi connectivity index (χ2v) is 7.55. The second-order valence-electron chi connectivity index (χ2n) is 7.55. The van der Waals surface area contributed by atoms with Crippen LogP contribution in [-0.2, 0) is 22.6 Å². The first-order valence-electron chi connectivity index (χ1n) is 9.89. The zero-order valence-corrected chi connectivity index (χ0v) is 16.2. The van der Waals surface area contributed by atoms with Crippen LogP contribution in [0.25, 0.3) is 10.9 Å². The monoisotopic (exact) mass is 393 g/mol. The van der Waals surface area contributed by atoms with E-state index < -0.39 is 11.6 Å². The highest BCUT2D eigenvalue weighted by atomic mass is 19.1. The topological polar surface area (TPSA) is 65.2 Å². The molecular weight excluding hydrogens is 369 g/mol. The van der Waals surface area contributed by atoms with E-state index in [0.29, 0.717) is 6.54 Å². The number of likely N-dealkylation sites (tertiary alicyclic amines) is 1. The first-order valence-corrected chi connectivity index (χ1v) is 9.89. The maximum Gasteiger partial charge on any atom is 0.258 e. The molecule has 2 aromatic carbocycles. The first-order chi connectivity index (χ1) is 14.0. The quantitative estimate of drug-likeness (QED) is 0.698. The summed E-state index contributed by atoms with van der Waals surface area (Å²) in [4.78, 5) is 29.9.